The number of fused-ring (bicyclic) bond motifs is 1. The number of rotatable bonds is 3. The minimum atomic E-state index is 0.0894. The highest BCUT2D eigenvalue weighted by molar-refractivity contribution is 6.07. The van der Waals surface area contributed by atoms with Gasteiger partial charge in [-0.15, -0.1) is 0 Å². The number of nitrogens with zero attached hydrogens (tertiary/aromatic N) is 3. The second-order valence-corrected chi connectivity index (χ2v) is 4.50. The zero-order chi connectivity index (χ0) is 13.2. The standard InChI is InChI=1S/C15H13N3O/c1-18-10-11(9-17-18)8-15(19)13-6-7-16-14-5-3-2-4-12(13)14/h2-7,9-10H,8H2,1H3. The molecule has 0 radical (unpaired) electrons. The van der Waals surface area contributed by atoms with E-state index >= 15 is 0 Å². The lowest BCUT2D eigenvalue weighted by atomic mass is 10.0. The number of carbonyl (C=O) groups is 1. The van der Waals surface area contributed by atoms with Crippen molar-refractivity contribution in [2.45, 2.75) is 6.42 Å². The van der Waals surface area contributed by atoms with E-state index in [4.69, 9.17) is 0 Å². The van der Waals surface area contributed by atoms with Crippen LogP contribution in [0.25, 0.3) is 10.9 Å². The van der Waals surface area contributed by atoms with Gasteiger partial charge in [-0.3, -0.25) is 14.5 Å². The second-order valence-electron chi connectivity index (χ2n) is 4.50. The number of aromatic nitrogens is 3. The monoisotopic (exact) mass is 251 g/mol. The third kappa shape index (κ3) is 2.25. The van der Waals surface area contributed by atoms with Crippen LogP contribution in [0.15, 0.2) is 48.9 Å². The Hall–Kier alpha value is -2.49. The third-order valence-electron chi connectivity index (χ3n) is 3.07. The highest BCUT2D eigenvalue weighted by Crippen LogP contribution is 2.18. The number of hydrogen-bond donors (Lipinski definition) is 0. The van der Waals surface area contributed by atoms with Crippen molar-refractivity contribution in [3.05, 3.63) is 60.0 Å². The average molecular weight is 251 g/mol. The molecule has 0 saturated carbocycles. The molecule has 3 rings (SSSR count). The third-order valence-corrected chi connectivity index (χ3v) is 3.07. The average Bonchev–Trinajstić information content (AvgIpc) is 2.83. The highest BCUT2D eigenvalue weighted by atomic mass is 16.1. The fraction of sp³-hybridized carbons (Fsp3) is 0.133. The lowest BCUT2D eigenvalue weighted by Crippen LogP contribution is -2.04. The molecule has 4 nitrogen and oxygen atoms in total. The predicted octanol–water partition coefficient (Wildman–Crippen LogP) is 2.39. The Balaban J connectivity index is 1.97. The minimum absolute atomic E-state index is 0.0894. The molecule has 0 spiro atoms. The Labute approximate surface area is 110 Å². The number of pyridine rings is 1. The van der Waals surface area contributed by atoms with Gasteiger partial charge in [0.25, 0.3) is 0 Å². The molecule has 0 atom stereocenters. The first-order valence-corrected chi connectivity index (χ1v) is 6.08. The number of aryl methyl sites for hydroxylation is 1. The van der Waals surface area contributed by atoms with Crippen LogP contribution in [-0.4, -0.2) is 20.5 Å². The van der Waals surface area contributed by atoms with Crippen molar-refractivity contribution in [2.24, 2.45) is 7.05 Å². The van der Waals surface area contributed by atoms with E-state index in [2.05, 4.69) is 10.1 Å². The number of carbonyl (C=O) groups excluding carboxylic acids is 1. The fourth-order valence-electron chi connectivity index (χ4n) is 2.18. The van der Waals surface area contributed by atoms with E-state index in [-0.39, 0.29) is 5.78 Å². The van der Waals surface area contributed by atoms with Crippen molar-refractivity contribution in [3.8, 4) is 0 Å². The van der Waals surface area contributed by atoms with Gasteiger partial charge in [-0.25, -0.2) is 0 Å². The fourth-order valence-corrected chi connectivity index (χ4v) is 2.18. The maximum atomic E-state index is 12.4. The van der Waals surface area contributed by atoms with Crippen LogP contribution in [0.5, 0.6) is 0 Å². The van der Waals surface area contributed by atoms with Crippen molar-refractivity contribution in [3.63, 3.8) is 0 Å². The molecule has 0 bridgehead atoms. The first kappa shape index (κ1) is 11.6. The Morgan fingerprint density at radius 2 is 2.11 bits per heavy atom. The summed E-state index contributed by atoms with van der Waals surface area (Å²) in [5.74, 6) is 0.0894. The van der Waals surface area contributed by atoms with Crippen LogP contribution in [0.1, 0.15) is 15.9 Å². The maximum absolute atomic E-state index is 12.4. The van der Waals surface area contributed by atoms with Gasteiger partial charge in [0.15, 0.2) is 5.78 Å². The molecule has 1 aromatic carbocycles. The van der Waals surface area contributed by atoms with Crippen molar-refractivity contribution < 1.29 is 4.79 Å². The summed E-state index contributed by atoms with van der Waals surface area (Å²) in [6.45, 7) is 0. The van der Waals surface area contributed by atoms with Crippen LogP contribution in [-0.2, 0) is 13.5 Å². The van der Waals surface area contributed by atoms with Crippen LogP contribution < -0.4 is 0 Å². The van der Waals surface area contributed by atoms with Crippen molar-refractivity contribution >= 4 is 16.7 Å². The molecule has 19 heavy (non-hydrogen) atoms. The number of hydrogen-bond acceptors (Lipinski definition) is 3. The maximum Gasteiger partial charge on any atom is 0.168 e. The van der Waals surface area contributed by atoms with E-state index in [0.717, 1.165) is 22.0 Å². The molecule has 0 fully saturated rings. The predicted molar refractivity (Wildman–Crippen MR) is 73.0 cm³/mol. The number of Topliss-reactive ketones (excluding diaryl/α,β-unsaturated/α-hetero) is 1. The molecule has 0 saturated heterocycles. The van der Waals surface area contributed by atoms with E-state index in [0.29, 0.717) is 6.42 Å². The van der Waals surface area contributed by atoms with Gasteiger partial charge < -0.3 is 0 Å². The van der Waals surface area contributed by atoms with Gasteiger partial charge in [-0.05, 0) is 17.7 Å². The molecule has 2 aromatic heterocycles. The first-order chi connectivity index (χ1) is 9.24. The van der Waals surface area contributed by atoms with Crippen molar-refractivity contribution in [1.29, 1.82) is 0 Å². The lowest BCUT2D eigenvalue weighted by Gasteiger charge is -2.04. The SMILES string of the molecule is Cn1cc(CC(=O)c2ccnc3ccccc23)cn1. The molecule has 0 aliphatic carbocycles. The Morgan fingerprint density at radius 1 is 1.26 bits per heavy atom. The molecule has 3 aromatic rings. The van der Waals surface area contributed by atoms with Gasteiger partial charge in [0.1, 0.15) is 0 Å². The molecular weight excluding hydrogens is 238 g/mol. The summed E-state index contributed by atoms with van der Waals surface area (Å²) in [5, 5.41) is 4.98. The van der Waals surface area contributed by atoms with E-state index in [1.165, 1.54) is 0 Å². The topological polar surface area (TPSA) is 47.8 Å². The number of benzene rings is 1. The molecule has 0 aliphatic rings. The van der Waals surface area contributed by atoms with E-state index in [1.807, 2.05) is 37.5 Å². The van der Waals surface area contributed by atoms with Crippen LogP contribution in [0.3, 0.4) is 0 Å². The summed E-state index contributed by atoms with van der Waals surface area (Å²) in [7, 11) is 1.84. The summed E-state index contributed by atoms with van der Waals surface area (Å²) in [6.07, 6.45) is 5.63. The van der Waals surface area contributed by atoms with Gasteiger partial charge in [0.2, 0.25) is 0 Å². The molecule has 0 N–H and O–H groups in total. The van der Waals surface area contributed by atoms with E-state index in [9.17, 15) is 4.79 Å². The molecule has 0 unspecified atom stereocenters. The summed E-state index contributed by atoms with van der Waals surface area (Å²) < 4.78 is 1.70. The van der Waals surface area contributed by atoms with Gasteiger partial charge >= 0.3 is 0 Å². The molecule has 2 heterocycles. The number of para-hydroxylation sites is 1. The molecular formula is C15H13N3O. The minimum Gasteiger partial charge on any atom is -0.294 e. The van der Waals surface area contributed by atoms with Gasteiger partial charge in [-0.1, -0.05) is 18.2 Å². The van der Waals surface area contributed by atoms with Gasteiger partial charge in [-0.2, -0.15) is 5.10 Å². The normalized spacial score (nSPS) is 10.8. The summed E-state index contributed by atoms with van der Waals surface area (Å²) in [6, 6.07) is 9.46. The second kappa shape index (κ2) is 4.65. The molecule has 94 valence electrons. The van der Waals surface area contributed by atoms with Crippen molar-refractivity contribution in [2.75, 3.05) is 0 Å². The van der Waals surface area contributed by atoms with Gasteiger partial charge in [0, 0.05) is 36.8 Å². The Bertz CT molecular complexity index is 740. The molecule has 4 heteroatoms. The lowest BCUT2D eigenvalue weighted by molar-refractivity contribution is 0.0994. The van der Waals surface area contributed by atoms with Crippen molar-refractivity contribution in [1.82, 2.24) is 14.8 Å². The zero-order valence-electron chi connectivity index (χ0n) is 10.6. The molecule has 0 amide bonds. The summed E-state index contributed by atoms with van der Waals surface area (Å²) >= 11 is 0. The first-order valence-electron chi connectivity index (χ1n) is 6.08. The molecule has 0 aliphatic heterocycles. The Morgan fingerprint density at radius 3 is 2.89 bits per heavy atom. The summed E-state index contributed by atoms with van der Waals surface area (Å²) in [4.78, 5) is 16.6. The van der Waals surface area contributed by atoms with Crippen LogP contribution in [0.2, 0.25) is 0 Å². The highest BCUT2D eigenvalue weighted by Gasteiger charge is 2.11. The zero-order valence-corrected chi connectivity index (χ0v) is 10.6. The largest absolute Gasteiger partial charge is 0.294 e. The quantitative estimate of drug-likeness (QED) is 0.671. The summed E-state index contributed by atoms with van der Waals surface area (Å²) in [5.41, 5.74) is 2.49. The van der Waals surface area contributed by atoms with Crippen LogP contribution in [0.4, 0.5) is 0 Å². The van der Waals surface area contributed by atoms with Gasteiger partial charge in [0.05, 0.1) is 11.7 Å². The van der Waals surface area contributed by atoms with E-state index in [1.54, 1.807) is 23.1 Å². The van der Waals surface area contributed by atoms with Crippen LogP contribution >= 0.6 is 0 Å². The smallest absolute Gasteiger partial charge is 0.168 e. The van der Waals surface area contributed by atoms with E-state index < -0.39 is 0 Å². The Kier molecular flexibility index (Phi) is 2.83. The van der Waals surface area contributed by atoms with Crippen LogP contribution in [0, 0.1) is 0 Å². The number of ketones is 1.